The highest BCUT2D eigenvalue weighted by Crippen LogP contribution is 2.61. The van der Waals surface area contributed by atoms with Crippen molar-refractivity contribution >= 4 is 11.6 Å². The first-order valence-electron chi connectivity index (χ1n) is 8.22. The predicted octanol–water partition coefficient (Wildman–Crippen LogP) is 1.93. The number of aliphatic hydroxyl groups excluding tert-OH is 3. The summed E-state index contributed by atoms with van der Waals surface area (Å²) >= 11 is 0. The molecule has 134 valence electrons. The van der Waals surface area contributed by atoms with Crippen molar-refractivity contribution in [3.63, 3.8) is 0 Å². The van der Waals surface area contributed by atoms with E-state index in [2.05, 4.69) is 0 Å². The number of ether oxygens (including phenoxy) is 1. The lowest BCUT2D eigenvalue weighted by Gasteiger charge is -2.60. The Bertz CT molecular complexity index is 758. The second-order valence-corrected chi connectivity index (χ2v) is 7.14. The average Bonchev–Trinajstić information content (AvgIpc) is 2.57. The Morgan fingerprint density at radius 3 is 2.64 bits per heavy atom. The van der Waals surface area contributed by atoms with Gasteiger partial charge in [0.25, 0.3) is 0 Å². The van der Waals surface area contributed by atoms with Gasteiger partial charge in [-0.05, 0) is 32.9 Å². The van der Waals surface area contributed by atoms with Gasteiger partial charge in [0.05, 0.1) is 11.5 Å². The molecule has 2 bridgehead atoms. The van der Waals surface area contributed by atoms with Crippen LogP contribution in [0.15, 0.2) is 47.5 Å². The molecule has 0 unspecified atom stereocenters. The van der Waals surface area contributed by atoms with Crippen LogP contribution in [0.2, 0.25) is 0 Å². The molecule has 6 nitrogen and oxygen atoms in total. The average molecular weight is 346 g/mol. The minimum atomic E-state index is -1.59. The number of allylic oxidation sites excluding steroid dienone is 4. The van der Waals surface area contributed by atoms with Gasteiger partial charge in [-0.2, -0.15) is 0 Å². The molecule has 6 heteroatoms. The van der Waals surface area contributed by atoms with Gasteiger partial charge in [-0.15, -0.1) is 0 Å². The number of hydrogen-bond acceptors (Lipinski definition) is 6. The van der Waals surface area contributed by atoms with Gasteiger partial charge in [0.1, 0.15) is 29.6 Å². The van der Waals surface area contributed by atoms with Gasteiger partial charge in [-0.25, -0.2) is 0 Å². The Kier molecular flexibility index (Phi) is 4.00. The molecule has 1 aliphatic heterocycles. The number of carbonyl (C=O) groups excluding carboxylic acids is 2. The molecule has 0 spiro atoms. The minimum absolute atomic E-state index is 0.00103. The smallest absolute Gasteiger partial charge is 0.177 e. The summed E-state index contributed by atoms with van der Waals surface area (Å²) in [6, 6.07) is 0. The molecule has 0 radical (unpaired) electrons. The van der Waals surface area contributed by atoms with Crippen LogP contribution in [0.4, 0.5) is 0 Å². The number of hydrogen-bond donors (Lipinski definition) is 3. The molecule has 25 heavy (non-hydrogen) atoms. The molecule has 1 heterocycles. The molecular weight excluding hydrogens is 324 g/mol. The molecule has 0 aromatic heterocycles. The zero-order valence-corrected chi connectivity index (χ0v) is 14.4. The topological polar surface area (TPSA) is 104 Å². The summed E-state index contributed by atoms with van der Waals surface area (Å²) in [7, 11) is 0. The van der Waals surface area contributed by atoms with Gasteiger partial charge >= 0.3 is 0 Å². The Hall–Kier alpha value is -2.18. The first-order chi connectivity index (χ1) is 11.7. The van der Waals surface area contributed by atoms with Gasteiger partial charge in [0, 0.05) is 11.5 Å². The number of ketones is 2. The number of rotatable bonds is 2. The lowest BCUT2D eigenvalue weighted by atomic mass is 9.44. The van der Waals surface area contributed by atoms with Gasteiger partial charge < -0.3 is 20.1 Å². The Balaban J connectivity index is 2.25. The number of aliphatic hydroxyl groups is 3. The van der Waals surface area contributed by atoms with Crippen LogP contribution in [-0.4, -0.2) is 45.7 Å². The molecule has 5 atom stereocenters. The van der Waals surface area contributed by atoms with E-state index in [1.807, 2.05) is 6.92 Å². The maximum absolute atomic E-state index is 13.1. The van der Waals surface area contributed by atoms with Crippen molar-refractivity contribution in [1.82, 2.24) is 0 Å². The highest BCUT2D eigenvalue weighted by Gasteiger charge is 2.73. The van der Waals surface area contributed by atoms with Crippen LogP contribution < -0.4 is 0 Å². The monoisotopic (exact) mass is 346 g/mol. The quantitative estimate of drug-likeness (QED) is 0.305. The normalized spacial score (nSPS) is 42.9. The van der Waals surface area contributed by atoms with E-state index in [1.165, 1.54) is 19.1 Å². The second-order valence-electron chi connectivity index (χ2n) is 7.14. The van der Waals surface area contributed by atoms with Crippen LogP contribution in [0.1, 0.15) is 20.8 Å². The summed E-state index contributed by atoms with van der Waals surface area (Å²) < 4.78 is 5.70. The van der Waals surface area contributed by atoms with E-state index in [1.54, 1.807) is 25.2 Å². The Morgan fingerprint density at radius 2 is 2.00 bits per heavy atom. The first kappa shape index (κ1) is 17.6. The van der Waals surface area contributed by atoms with E-state index < -0.39 is 40.5 Å². The molecule has 0 saturated heterocycles. The fraction of sp³-hybridized carbons (Fsp3) is 0.474. The first-order valence-corrected chi connectivity index (χ1v) is 8.22. The third-order valence-electron chi connectivity index (χ3n) is 5.75. The number of fused-ring (bicyclic) bond motifs is 2. The van der Waals surface area contributed by atoms with E-state index in [-0.39, 0.29) is 23.7 Å². The number of Topliss-reactive ketones (excluding diaryl/α,β-unsaturated/α-hetero) is 2. The maximum atomic E-state index is 13.1. The van der Waals surface area contributed by atoms with Crippen molar-refractivity contribution in [1.29, 1.82) is 0 Å². The van der Waals surface area contributed by atoms with E-state index in [4.69, 9.17) is 4.74 Å². The van der Waals surface area contributed by atoms with Crippen LogP contribution in [0.3, 0.4) is 0 Å². The molecule has 4 rings (SSSR count). The van der Waals surface area contributed by atoms with E-state index >= 15 is 0 Å². The van der Waals surface area contributed by atoms with Gasteiger partial charge in [-0.3, -0.25) is 9.59 Å². The second kappa shape index (κ2) is 5.68. The highest BCUT2D eigenvalue weighted by molar-refractivity contribution is 6.21. The molecule has 4 aliphatic rings. The SMILES string of the molecule is C/C=C/C=C/C(O)=C1\C(=O)[C@]2(C)C(=O)[C@@H](O)[C@]1(C)[C@@H]1OCC(O)=C[C@@H]12. The van der Waals surface area contributed by atoms with E-state index in [9.17, 15) is 24.9 Å². The predicted molar refractivity (Wildman–Crippen MR) is 89.8 cm³/mol. The largest absolute Gasteiger partial charge is 0.510 e. The summed E-state index contributed by atoms with van der Waals surface area (Å²) in [5.74, 6) is -2.17. The third kappa shape index (κ3) is 2.10. The van der Waals surface area contributed by atoms with Crippen LogP contribution in [0.5, 0.6) is 0 Å². The zero-order chi connectivity index (χ0) is 18.6. The van der Waals surface area contributed by atoms with Crippen molar-refractivity contribution in [3.05, 3.63) is 47.5 Å². The molecule has 0 amide bonds. The minimum Gasteiger partial charge on any atom is -0.510 e. The van der Waals surface area contributed by atoms with Gasteiger partial charge in [-0.1, -0.05) is 18.2 Å². The van der Waals surface area contributed by atoms with E-state index in [0.29, 0.717) is 0 Å². The molecule has 3 N–H and O–H groups in total. The van der Waals surface area contributed by atoms with Crippen molar-refractivity contribution in [3.8, 4) is 0 Å². The third-order valence-corrected chi connectivity index (χ3v) is 5.75. The molecular formula is C19H22O6. The summed E-state index contributed by atoms with van der Waals surface area (Å²) in [6.07, 6.45) is 5.68. The highest BCUT2D eigenvalue weighted by atomic mass is 16.5. The lowest BCUT2D eigenvalue weighted by Crippen LogP contribution is -2.73. The summed E-state index contributed by atoms with van der Waals surface area (Å²) in [6.45, 7) is 4.74. The van der Waals surface area contributed by atoms with Gasteiger partial charge in [0.2, 0.25) is 0 Å². The molecule has 3 saturated carbocycles. The summed E-state index contributed by atoms with van der Waals surface area (Å²) in [4.78, 5) is 25.9. The Morgan fingerprint density at radius 1 is 1.32 bits per heavy atom. The van der Waals surface area contributed by atoms with Gasteiger partial charge in [0.15, 0.2) is 11.6 Å². The number of carbonyl (C=O) groups is 2. The molecule has 3 fully saturated rings. The van der Waals surface area contributed by atoms with Crippen LogP contribution >= 0.6 is 0 Å². The van der Waals surface area contributed by atoms with Crippen molar-refractivity contribution in [2.24, 2.45) is 16.7 Å². The zero-order valence-electron chi connectivity index (χ0n) is 14.4. The Labute approximate surface area is 145 Å². The summed E-state index contributed by atoms with van der Waals surface area (Å²) in [5, 5.41) is 31.0. The maximum Gasteiger partial charge on any atom is 0.177 e. The van der Waals surface area contributed by atoms with Crippen LogP contribution in [0.25, 0.3) is 0 Å². The van der Waals surface area contributed by atoms with Crippen molar-refractivity contribution in [2.45, 2.75) is 33.0 Å². The van der Waals surface area contributed by atoms with E-state index in [0.717, 1.165) is 0 Å². The lowest BCUT2D eigenvalue weighted by molar-refractivity contribution is -0.197. The molecule has 3 aliphatic carbocycles. The molecule has 0 aromatic carbocycles. The van der Waals surface area contributed by atoms with Crippen LogP contribution in [-0.2, 0) is 14.3 Å². The fourth-order valence-corrected chi connectivity index (χ4v) is 4.29. The summed E-state index contributed by atoms with van der Waals surface area (Å²) in [5.41, 5.74) is -2.98. The fourth-order valence-electron chi connectivity index (χ4n) is 4.29. The van der Waals surface area contributed by atoms with Crippen LogP contribution in [0, 0.1) is 16.7 Å². The standard InChI is InChI=1S/C19H22O6/c1-4-5-6-7-12(21)13-14(22)18(2)11-8-10(20)9-25-17(11)19(13,3)16(24)15(18)23/h4-8,11,16-17,20-21,24H,9H2,1-3H3/b5-4+,7-6+,13-12-/t11-,16+,17+,18+,19+/m0/s1. The molecule has 0 aromatic rings. The van der Waals surface area contributed by atoms with Crippen molar-refractivity contribution in [2.75, 3.05) is 6.61 Å². The van der Waals surface area contributed by atoms with Crippen molar-refractivity contribution < 1.29 is 29.6 Å².